The molecule has 0 aromatic heterocycles. The van der Waals surface area contributed by atoms with E-state index in [-0.39, 0.29) is 6.04 Å². The number of hydrogen-bond donors (Lipinski definition) is 3. The number of rotatable bonds is 6. The Bertz CT molecular complexity index is 320. The van der Waals surface area contributed by atoms with E-state index in [0.717, 1.165) is 0 Å². The number of carbonyl (C=O) groups is 2. The van der Waals surface area contributed by atoms with Crippen LogP contribution >= 0.6 is 0 Å². The molecule has 5 nitrogen and oxygen atoms in total. The van der Waals surface area contributed by atoms with Gasteiger partial charge in [0.25, 0.3) is 0 Å². The number of carboxylic acid groups (broad SMARTS) is 1. The normalized spacial score (nSPS) is 16.8. The Labute approximate surface area is 103 Å². The highest BCUT2D eigenvalue weighted by atomic mass is 19.4. The molecule has 8 heteroatoms. The van der Waals surface area contributed by atoms with Gasteiger partial charge in [0, 0.05) is 6.04 Å². The van der Waals surface area contributed by atoms with Crippen molar-refractivity contribution in [1.29, 1.82) is 0 Å². The van der Waals surface area contributed by atoms with E-state index in [2.05, 4.69) is 5.32 Å². The van der Waals surface area contributed by atoms with Crippen molar-refractivity contribution in [1.82, 2.24) is 10.6 Å². The van der Waals surface area contributed by atoms with Crippen LogP contribution < -0.4 is 10.6 Å². The lowest BCUT2D eigenvalue weighted by Crippen LogP contribution is -2.62. The van der Waals surface area contributed by atoms with Gasteiger partial charge in [-0.05, 0) is 20.3 Å². The molecular formula is C10H17F3N2O3. The van der Waals surface area contributed by atoms with Gasteiger partial charge in [-0.2, -0.15) is 13.2 Å². The van der Waals surface area contributed by atoms with Crippen LogP contribution in [0.2, 0.25) is 0 Å². The van der Waals surface area contributed by atoms with Crippen molar-refractivity contribution in [3.05, 3.63) is 0 Å². The number of halogens is 3. The second-order valence-electron chi connectivity index (χ2n) is 4.16. The molecule has 0 aromatic rings. The molecule has 0 fully saturated rings. The van der Waals surface area contributed by atoms with Gasteiger partial charge in [-0.25, -0.2) is 4.79 Å². The number of alkyl halides is 3. The SMILES string of the molecule is CCC(C)NC(=O)CNC(C)(C(=O)O)C(F)(F)F. The van der Waals surface area contributed by atoms with Gasteiger partial charge in [-0.15, -0.1) is 0 Å². The topological polar surface area (TPSA) is 78.4 Å². The fraction of sp³-hybridized carbons (Fsp3) is 0.800. The number of nitrogens with one attached hydrogen (secondary N) is 2. The van der Waals surface area contributed by atoms with E-state index in [1.165, 1.54) is 0 Å². The molecular weight excluding hydrogens is 253 g/mol. The number of amides is 1. The minimum atomic E-state index is -4.99. The Morgan fingerprint density at radius 2 is 1.83 bits per heavy atom. The van der Waals surface area contributed by atoms with Crippen LogP contribution in [-0.2, 0) is 9.59 Å². The predicted octanol–water partition coefficient (Wildman–Crippen LogP) is 0.896. The largest absolute Gasteiger partial charge is 0.480 e. The summed E-state index contributed by atoms with van der Waals surface area (Å²) in [4.78, 5) is 21.9. The van der Waals surface area contributed by atoms with Gasteiger partial charge in [0.2, 0.25) is 11.4 Å². The monoisotopic (exact) mass is 270 g/mol. The second-order valence-corrected chi connectivity index (χ2v) is 4.16. The standard InChI is InChI=1S/C10H17F3N2O3/c1-4-6(2)15-7(16)5-14-9(3,8(17)18)10(11,12)13/h6,14H,4-5H2,1-3H3,(H,15,16)(H,17,18). The Balaban J connectivity index is 4.57. The summed E-state index contributed by atoms with van der Waals surface area (Å²) in [6, 6.07) is -0.179. The van der Waals surface area contributed by atoms with Crippen LogP contribution in [0, 0.1) is 0 Å². The van der Waals surface area contributed by atoms with E-state index in [0.29, 0.717) is 13.3 Å². The third-order valence-electron chi connectivity index (χ3n) is 2.62. The zero-order valence-corrected chi connectivity index (χ0v) is 10.4. The summed E-state index contributed by atoms with van der Waals surface area (Å²) in [7, 11) is 0. The van der Waals surface area contributed by atoms with E-state index in [4.69, 9.17) is 5.11 Å². The van der Waals surface area contributed by atoms with Crippen molar-refractivity contribution in [2.45, 2.75) is 44.9 Å². The van der Waals surface area contributed by atoms with Crippen molar-refractivity contribution in [3.8, 4) is 0 Å². The van der Waals surface area contributed by atoms with Crippen LogP contribution in [-0.4, -0.2) is 41.3 Å². The molecule has 0 aromatic carbocycles. The summed E-state index contributed by atoms with van der Waals surface area (Å²) in [5, 5.41) is 12.8. The fourth-order valence-corrected chi connectivity index (χ4v) is 0.982. The average molecular weight is 270 g/mol. The molecule has 0 rings (SSSR count). The van der Waals surface area contributed by atoms with E-state index in [1.54, 1.807) is 19.2 Å². The number of carboxylic acids is 1. The van der Waals surface area contributed by atoms with Gasteiger partial charge in [0.05, 0.1) is 6.54 Å². The number of hydrogen-bond acceptors (Lipinski definition) is 3. The lowest BCUT2D eigenvalue weighted by atomic mass is 10.0. The van der Waals surface area contributed by atoms with Gasteiger partial charge in [0.15, 0.2) is 0 Å². The van der Waals surface area contributed by atoms with Crippen molar-refractivity contribution >= 4 is 11.9 Å². The summed E-state index contributed by atoms with van der Waals surface area (Å²) in [6.45, 7) is 3.26. The maximum Gasteiger partial charge on any atom is 0.417 e. The molecule has 0 saturated carbocycles. The lowest BCUT2D eigenvalue weighted by molar-refractivity contribution is -0.205. The quantitative estimate of drug-likeness (QED) is 0.670. The van der Waals surface area contributed by atoms with Gasteiger partial charge in [-0.1, -0.05) is 6.92 Å². The molecule has 0 aliphatic heterocycles. The highest BCUT2D eigenvalue weighted by Crippen LogP contribution is 2.30. The molecule has 0 bridgehead atoms. The smallest absolute Gasteiger partial charge is 0.417 e. The van der Waals surface area contributed by atoms with Crippen LogP contribution in [0.1, 0.15) is 27.2 Å². The van der Waals surface area contributed by atoms with E-state index < -0.39 is 30.1 Å². The maximum absolute atomic E-state index is 12.6. The minimum Gasteiger partial charge on any atom is -0.480 e. The summed E-state index contributed by atoms with van der Waals surface area (Å²) in [6.07, 6.45) is -4.36. The molecule has 0 aliphatic carbocycles. The van der Waals surface area contributed by atoms with Crippen LogP contribution in [0.5, 0.6) is 0 Å². The molecule has 0 spiro atoms. The molecule has 2 atom stereocenters. The molecule has 3 N–H and O–H groups in total. The molecule has 18 heavy (non-hydrogen) atoms. The fourth-order valence-electron chi connectivity index (χ4n) is 0.982. The zero-order chi connectivity index (χ0) is 14.6. The Kier molecular flexibility index (Phi) is 5.59. The molecule has 0 heterocycles. The van der Waals surface area contributed by atoms with E-state index in [1.807, 2.05) is 0 Å². The maximum atomic E-state index is 12.6. The summed E-state index contributed by atoms with van der Waals surface area (Å²) in [5.41, 5.74) is -3.14. The van der Waals surface area contributed by atoms with Crippen LogP contribution in [0.25, 0.3) is 0 Å². The Morgan fingerprint density at radius 3 is 2.17 bits per heavy atom. The number of aliphatic carboxylic acids is 1. The summed E-state index contributed by atoms with van der Waals surface area (Å²) in [5.74, 6) is -2.76. The zero-order valence-electron chi connectivity index (χ0n) is 10.4. The predicted molar refractivity (Wildman–Crippen MR) is 58.0 cm³/mol. The van der Waals surface area contributed by atoms with Gasteiger partial charge >= 0.3 is 12.1 Å². The third-order valence-corrected chi connectivity index (χ3v) is 2.62. The number of carbonyl (C=O) groups excluding carboxylic acids is 1. The van der Waals surface area contributed by atoms with Gasteiger partial charge in [0.1, 0.15) is 0 Å². The molecule has 0 saturated heterocycles. The highest BCUT2D eigenvalue weighted by Gasteiger charge is 2.57. The van der Waals surface area contributed by atoms with Crippen LogP contribution in [0.4, 0.5) is 13.2 Å². The average Bonchev–Trinajstić information content (AvgIpc) is 2.23. The molecule has 106 valence electrons. The summed E-state index contributed by atoms with van der Waals surface area (Å²) >= 11 is 0. The molecule has 1 amide bonds. The first kappa shape index (κ1) is 16.7. The van der Waals surface area contributed by atoms with Crippen LogP contribution in [0.3, 0.4) is 0 Å². The van der Waals surface area contributed by atoms with Crippen molar-refractivity contribution in [2.75, 3.05) is 6.54 Å². The molecule has 2 unspecified atom stereocenters. The van der Waals surface area contributed by atoms with Crippen molar-refractivity contribution < 1.29 is 27.9 Å². The summed E-state index contributed by atoms with van der Waals surface area (Å²) < 4.78 is 37.7. The second kappa shape index (κ2) is 6.03. The van der Waals surface area contributed by atoms with E-state index >= 15 is 0 Å². The molecule has 0 aliphatic rings. The van der Waals surface area contributed by atoms with Crippen LogP contribution in [0.15, 0.2) is 0 Å². The molecule has 0 radical (unpaired) electrons. The van der Waals surface area contributed by atoms with Crippen molar-refractivity contribution in [3.63, 3.8) is 0 Å². The van der Waals surface area contributed by atoms with Gasteiger partial charge < -0.3 is 10.4 Å². The lowest BCUT2D eigenvalue weighted by Gasteiger charge is -2.28. The Morgan fingerprint density at radius 1 is 1.33 bits per heavy atom. The minimum absolute atomic E-state index is 0.179. The van der Waals surface area contributed by atoms with Crippen molar-refractivity contribution in [2.24, 2.45) is 0 Å². The van der Waals surface area contributed by atoms with Gasteiger partial charge in [-0.3, -0.25) is 10.1 Å². The Hall–Kier alpha value is -1.31. The first-order valence-corrected chi connectivity index (χ1v) is 5.39. The first-order chi connectivity index (χ1) is 8.04. The van der Waals surface area contributed by atoms with E-state index in [9.17, 15) is 22.8 Å². The highest BCUT2D eigenvalue weighted by molar-refractivity contribution is 5.82. The third kappa shape index (κ3) is 4.17. The first-order valence-electron chi connectivity index (χ1n) is 5.39.